The summed E-state index contributed by atoms with van der Waals surface area (Å²) < 4.78 is 37.7. The van der Waals surface area contributed by atoms with Crippen LogP contribution in [-0.2, 0) is 6.18 Å². The van der Waals surface area contributed by atoms with Crippen LogP contribution in [0.2, 0.25) is 0 Å². The van der Waals surface area contributed by atoms with E-state index in [-0.39, 0.29) is 23.2 Å². The van der Waals surface area contributed by atoms with Crippen molar-refractivity contribution in [2.45, 2.75) is 33.0 Å². The van der Waals surface area contributed by atoms with Gasteiger partial charge in [-0.25, -0.2) is 0 Å². The summed E-state index contributed by atoms with van der Waals surface area (Å²) in [5.41, 5.74) is 4.55. The molecule has 0 aliphatic carbocycles. The number of nitrogen functional groups attached to an aromatic ring is 1. The molecule has 1 aromatic carbocycles. The number of nitrogens with one attached hydrogen (secondary N) is 1. The van der Waals surface area contributed by atoms with Gasteiger partial charge in [-0.1, -0.05) is 13.8 Å². The molecule has 3 N–H and O–H groups in total. The Morgan fingerprint density at radius 3 is 2.32 bits per heavy atom. The predicted molar refractivity (Wildman–Crippen MR) is 67.6 cm³/mol. The van der Waals surface area contributed by atoms with E-state index < -0.39 is 17.6 Å². The maximum absolute atomic E-state index is 12.6. The summed E-state index contributed by atoms with van der Waals surface area (Å²) in [7, 11) is 0. The minimum Gasteiger partial charge on any atom is -0.398 e. The fourth-order valence-electron chi connectivity index (χ4n) is 1.38. The van der Waals surface area contributed by atoms with Crippen LogP contribution in [0.3, 0.4) is 0 Å². The van der Waals surface area contributed by atoms with Crippen molar-refractivity contribution >= 4 is 11.6 Å². The average Bonchev–Trinajstić information content (AvgIpc) is 2.27. The van der Waals surface area contributed by atoms with Gasteiger partial charge in [0.1, 0.15) is 0 Å². The van der Waals surface area contributed by atoms with Crippen LogP contribution in [0.1, 0.15) is 36.7 Å². The average molecular weight is 274 g/mol. The highest BCUT2D eigenvalue weighted by Gasteiger charge is 2.31. The van der Waals surface area contributed by atoms with Gasteiger partial charge < -0.3 is 11.1 Å². The van der Waals surface area contributed by atoms with Gasteiger partial charge in [0.15, 0.2) is 0 Å². The molecule has 1 amide bonds. The van der Waals surface area contributed by atoms with Crippen molar-refractivity contribution in [3.8, 4) is 0 Å². The molecule has 19 heavy (non-hydrogen) atoms. The van der Waals surface area contributed by atoms with E-state index in [1.165, 1.54) is 0 Å². The van der Waals surface area contributed by atoms with Crippen molar-refractivity contribution in [2.75, 3.05) is 5.73 Å². The molecule has 1 rings (SSSR count). The van der Waals surface area contributed by atoms with E-state index in [1.54, 1.807) is 6.92 Å². The lowest BCUT2D eigenvalue weighted by Crippen LogP contribution is -2.36. The molecule has 3 nitrogen and oxygen atoms in total. The van der Waals surface area contributed by atoms with E-state index >= 15 is 0 Å². The van der Waals surface area contributed by atoms with Gasteiger partial charge in [-0.3, -0.25) is 4.79 Å². The van der Waals surface area contributed by atoms with Crippen molar-refractivity contribution in [1.29, 1.82) is 0 Å². The van der Waals surface area contributed by atoms with E-state index in [0.717, 1.165) is 18.2 Å². The van der Waals surface area contributed by atoms with Crippen LogP contribution in [0.25, 0.3) is 0 Å². The summed E-state index contributed by atoms with van der Waals surface area (Å²) in [5.74, 6) is -0.416. The Balaban J connectivity index is 3.03. The Bertz CT molecular complexity index is 469. The van der Waals surface area contributed by atoms with Gasteiger partial charge in [-0.15, -0.1) is 0 Å². The van der Waals surface area contributed by atoms with Crippen molar-refractivity contribution in [3.05, 3.63) is 29.3 Å². The molecule has 0 aromatic heterocycles. The van der Waals surface area contributed by atoms with Gasteiger partial charge in [-0.2, -0.15) is 13.2 Å². The monoisotopic (exact) mass is 274 g/mol. The number of rotatable bonds is 3. The number of carbonyl (C=O) groups is 1. The second-order valence-electron chi connectivity index (χ2n) is 4.81. The summed E-state index contributed by atoms with van der Waals surface area (Å²) in [5, 5.41) is 2.63. The smallest absolute Gasteiger partial charge is 0.398 e. The number of hydrogen-bond acceptors (Lipinski definition) is 2. The number of nitrogens with two attached hydrogens (primary N) is 1. The molecule has 0 saturated heterocycles. The zero-order valence-electron chi connectivity index (χ0n) is 11.0. The molecular weight excluding hydrogens is 257 g/mol. The minimum atomic E-state index is -4.49. The first-order valence-corrected chi connectivity index (χ1v) is 5.90. The molecule has 0 fully saturated rings. The number of amides is 1. The maximum atomic E-state index is 12.6. The zero-order valence-corrected chi connectivity index (χ0v) is 11.0. The van der Waals surface area contributed by atoms with Gasteiger partial charge in [0.05, 0.1) is 11.1 Å². The fourth-order valence-corrected chi connectivity index (χ4v) is 1.38. The normalized spacial score (nSPS) is 13.4. The van der Waals surface area contributed by atoms with Crippen LogP contribution in [0.5, 0.6) is 0 Å². The molecule has 0 heterocycles. The van der Waals surface area contributed by atoms with E-state index in [4.69, 9.17) is 5.73 Å². The summed E-state index contributed by atoms with van der Waals surface area (Å²) in [4.78, 5) is 11.9. The first-order chi connectivity index (χ1) is 8.62. The Morgan fingerprint density at radius 1 is 1.26 bits per heavy atom. The fraction of sp³-hybridized carbons (Fsp3) is 0.462. The summed E-state index contributed by atoms with van der Waals surface area (Å²) in [6.45, 7) is 5.59. The summed E-state index contributed by atoms with van der Waals surface area (Å²) in [6, 6.07) is 2.58. The lowest BCUT2D eigenvalue weighted by molar-refractivity contribution is -0.137. The molecule has 0 aliphatic rings. The molecule has 0 aliphatic heterocycles. The zero-order chi connectivity index (χ0) is 14.8. The van der Waals surface area contributed by atoms with Crippen LogP contribution < -0.4 is 11.1 Å². The Hall–Kier alpha value is -1.72. The highest BCUT2D eigenvalue weighted by molar-refractivity contribution is 5.99. The van der Waals surface area contributed by atoms with Gasteiger partial charge in [-0.05, 0) is 31.0 Å². The highest BCUT2D eigenvalue weighted by atomic mass is 19.4. The van der Waals surface area contributed by atoms with Crippen LogP contribution in [0.15, 0.2) is 18.2 Å². The summed E-state index contributed by atoms with van der Waals surface area (Å²) >= 11 is 0. The second kappa shape index (κ2) is 5.50. The van der Waals surface area contributed by atoms with Gasteiger partial charge in [0.25, 0.3) is 5.91 Å². The quantitative estimate of drug-likeness (QED) is 0.832. The van der Waals surface area contributed by atoms with Gasteiger partial charge >= 0.3 is 6.18 Å². The van der Waals surface area contributed by atoms with E-state index in [9.17, 15) is 18.0 Å². The topological polar surface area (TPSA) is 55.1 Å². The number of hydrogen-bond donors (Lipinski definition) is 2. The number of carbonyl (C=O) groups excluding carboxylic acids is 1. The van der Waals surface area contributed by atoms with Crippen LogP contribution in [0.4, 0.5) is 18.9 Å². The third-order valence-electron chi connectivity index (χ3n) is 2.98. The minimum absolute atomic E-state index is 0.0291. The molecule has 1 atom stereocenters. The number of alkyl halides is 3. The predicted octanol–water partition coefficient (Wildman–Crippen LogP) is 3.06. The Kier molecular flexibility index (Phi) is 4.44. The third kappa shape index (κ3) is 3.87. The number of halogens is 3. The molecule has 1 aromatic rings. The first-order valence-electron chi connectivity index (χ1n) is 5.90. The van der Waals surface area contributed by atoms with Crippen molar-refractivity contribution in [3.63, 3.8) is 0 Å². The summed E-state index contributed by atoms with van der Waals surface area (Å²) in [6.07, 6.45) is -4.49. The van der Waals surface area contributed by atoms with Crippen LogP contribution >= 0.6 is 0 Å². The molecule has 0 radical (unpaired) electrons. The van der Waals surface area contributed by atoms with Gasteiger partial charge in [0.2, 0.25) is 0 Å². The molecule has 6 heteroatoms. The Labute approximate surface area is 110 Å². The Morgan fingerprint density at radius 2 is 1.84 bits per heavy atom. The van der Waals surface area contributed by atoms with Crippen molar-refractivity contribution in [2.24, 2.45) is 5.92 Å². The maximum Gasteiger partial charge on any atom is 0.416 e. The lowest BCUT2D eigenvalue weighted by Gasteiger charge is -2.18. The molecule has 0 unspecified atom stereocenters. The highest BCUT2D eigenvalue weighted by Crippen LogP contribution is 2.31. The van der Waals surface area contributed by atoms with Gasteiger partial charge in [0, 0.05) is 11.7 Å². The van der Waals surface area contributed by atoms with Crippen molar-refractivity contribution in [1.82, 2.24) is 5.32 Å². The molecule has 0 saturated carbocycles. The van der Waals surface area contributed by atoms with Crippen LogP contribution in [-0.4, -0.2) is 11.9 Å². The number of benzene rings is 1. The first kappa shape index (κ1) is 15.3. The van der Waals surface area contributed by atoms with Crippen molar-refractivity contribution < 1.29 is 18.0 Å². The van der Waals surface area contributed by atoms with E-state index in [1.807, 2.05) is 13.8 Å². The standard InChI is InChI=1S/C13H17F3N2O/c1-7(2)8(3)18-12(19)10-6-9(13(14,15)16)4-5-11(10)17/h4-8H,17H2,1-3H3,(H,18,19)/t8-/m0/s1. The third-order valence-corrected chi connectivity index (χ3v) is 2.98. The molecule has 0 bridgehead atoms. The lowest BCUT2D eigenvalue weighted by atomic mass is 10.0. The molecule has 106 valence electrons. The molecular formula is C13H17F3N2O. The largest absolute Gasteiger partial charge is 0.416 e. The molecule has 0 spiro atoms. The van der Waals surface area contributed by atoms with E-state index in [2.05, 4.69) is 5.32 Å². The van der Waals surface area contributed by atoms with Crippen LogP contribution in [0, 0.1) is 5.92 Å². The SMILES string of the molecule is CC(C)[C@H](C)NC(=O)c1cc(C(F)(F)F)ccc1N. The van der Waals surface area contributed by atoms with E-state index in [0.29, 0.717) is 0 Å². The second-order valence-corrected chi connectivity index (χ2v) is 4.81. The number of anilines is 1.